The maximum Gasteiger partial charge on any atom is 0.137 e. The van der Waals surface area contributed by atoms with Crippen molar-refractivity contribution in [3.63, 3.8) is 0 Å². The van der Waals surface area contributed by atoms with Crippen LogP contribution in [0, 0.1) is 6.92 Å². The molecule has 190 valence electrons. The molecule has 36 heavy (non-hydrogen) atoms. The average Bonchev–Trinajstić information content (AvgIpc) is 3.32. The van der Waals surface area contributed by atoms with Gasteiger partial charge in [0, 0.05) is 6.42 Å². The summed E-state index contributed by atoms with van der Waals surface area (Å²) in [4.78, 5) is 0. The van der Waals surface area contributed by atoms with Crippen molar-refractivity contribution in [2.24, 2.45) is 0 Å². The van der Waals surface area contributed by atoms with Gasteiger partial charge in [0.05, 0.1) is 6.61 Å². The molecule has 4 N–H and O–H groups in total. The molecule has 3 aromatic carbocycles. The molecule has 3 aromatic rings. The van der Waals surface area contributed by atoms with Crippen LogP contribution in [0.25, 0.3) is 0 Å². The Labute approximate surface area is 210 Å². The van der Waals surface area contributed by atoms with E-state index in [-0.39, 0.29) is 6.10 Å². The Hall–Kier alpha value is -2.94. The molecule has 6 atom stereocenters. The predicted octanol–water partition coefficient (Wildman–Crippen LogP) is 2.48. The number of aliphatic hydroxyl groups excluding tert-OH is 4. The highest BCUT2D eigenvalue weighted by Crippen LogP contribution is 2.34. The first-order valence-corrected chi connectivity index (χ1v) is 12.3. The molecule has 2 heterocycles. The van der Waals surface area contributed by atoms with E-state index in [1.165, 1.54) is 5.56 Å². The molecule has 0 radical (unpaired) electrons. The van der Waals surface area contributed by atoms with Crippen molar-refractivity contribution in [3.8, 4) is 11.5 Å². The molecule has 0 bridgehead atoms. The van der Waals surface area contributed by atoms with Crippen LogP contribution in [0.2, 0.25) is 0 Å². The van der Waals surface area contributed by atoms with E-state index in [2.05, 4.69) is 6.07 Å². The van der Waals surface area contributed by atoms with E-state index < -0.39 is 37.1 Å². The minimum atomic E-state index is -1.40. The van der Waals surface area contributed by atoms with Gasteiger partial charge < -0.3 is 34.6 Å². The summed E-state index contributed by atoms with van der Waals surface area (Å²) in [6.07, 6.45) is -4.34. The molecule has 2 aliphatic rings. The summed E-state index contributed by atoms with van der Waals surface area (Å²) in [5.41, 5.74) is 5.13. The van der Waals surface area contributed by atoms with Crippen LogP contribution in [0.3, 0.4) is 0 Å². The van der Waals surface area contributed by atoms with Gasteiger partial charge in [0.15, 0.2) is 0 Å². The molecule has 7 heteroatoms. The van der Waals surface area contributed by atoms with Gasteiger partial charge in [0.25, 0.3) is 0 Å². The Morgan fingerprint density at radius 3 is 2.44 bits per heavy atom. The fraction of sp³-hybridized carbons (Fsp3) is 0.379. The molecule has 0 aliphatic carbocycles. The Balaban J connectivity index is 1.22. The lowest BCUT2D eigenvalue weighted by molar-refractivity contribution is -0.231. The summed E-state index contributed by atoms with van der Waals surface area (Å²) in [6.45, 7) is 2.05. The first kappa shape index (κ1) is 24.7. The molecule has 1 unspecified atom stereocenters. The summed E-state index contributed by atoms with van der Waals surface area (Å²) in [5.74, 6) is 1.72. The van der Waals surface area contributed by atoms with E-state index in [1.807, 2.05) is 67.6 Å². The van der Waals surface area contributed by atoms with E-state index in [1.54, 1.807) is 0 Å². The molecule has 1 saturated heterocycles. The first-order valence-electron chi connectivity index (χ1n) is 12.3. The Bertz CT molecular complexity index is 1150. The predicted molar refractivity (Wildman–Crippen MR) is 133 cm³/mol. The molecule has 7 nitrogen and oxygen atoms in total. The highest BCUT2D eigenvalue weighted by Gasteiger charge is 2.44. The third kappa shape index (κ3) is 5.12. The van der Waals surface area contributed by atoms with Crippen LogP contribution in [0.1, 0.15) is 33.9 Å². The summed E-state index contributed by atoms with van der Waals surface area (Å²) in [5, 5.41) is 40.2. The summed E-state index contributed by atoms with van der Waals surface area (Å²) in [7, 11) is 0. The van der Waals surface area contributed by atoms with Crippen LogP contribution in [-0.4, -0.2) is 64.2 Å². The van der Waals surface area contributed by atoms with Crippen LogP contribution >= 0.6 is 0 Å². The molecule has 1 fully saturated rings. The number of ether oxygens (including phenoxy) is 3. The second kappa shape index (κ2) is 10.6. The van der Waals surface area contributed by atoms with Crippen LogP contribution in [0.15, 0.2) is 66.7 Å². The number of aryl methyl sites for hydroxylation is 1. The van der Waals surface area contributed by atoms with Gasteiger partial charge in [-0.15, -0.1) is 0 Å². The SMILES string of the molecule is Cc1ccc([C@H]2O[C@@H](CO)[C@@H](O)[C@H](O)[C@H]2O)cc1Cc1ccc(OCC2Cc3ccccc3O2)cc1. The Kier molecular flexibility index (Phi) is 7.27. The lowest BCUT2D eigenvalue weighted by Crippen LogP contribution is -2.55. The molecule has 5 rings (SSSR count). The fourth-order valence-corrected chi connectivity index (χ4v) is 4.90. The van der Waals surface area contributed by atoms with Crippen LogP contribution in [-0.2, 0) is 17.6 Å². The van der Waals surface area contributed by atoms with Gasteiger partial charge in [-0.05, 0) is 59.4 Å². The van der Waals surface area contributed by atoms with E-state index in [0.29, 0.717) is 18.6 Å². The van der Waals surface area contributed by atoms with E-state index in [9.17, 15) is 20.4 Å². The quantitative estimate of drug-likeness (QED) is 0.401. The van der Waals surface area contributed by atoms with Crippen molar-refractivity contribution in [1.82, 2.24) is 0 Å². The van der Waals surface area contributed by atoms with E-state index >= 15 is 0 Å². The molecule has 0 spiro atoms. The normalized spacial score (nSPS) is 27.4. The van der Waals surface area contributed by atoms with Gasteiger partial charge in [-0.3, -0.25) is 0 Å². The van der Waals surface area contributed by atoms with Crippen molar-refractivity contribution in [1.29, 1.82) is 0 Å². The second-order valence-corrected chi connectivity index (χ2v) is 9.62. The van der Waals surface area contributed by atoms with Crippen molar-refractivity contribution in [3.05, 3.63) is 94.5 Å². The fourth-order valence-electron chi connectivity index (χ4n) is 4.90. The van der Waals surface area contributed by atoms with Gasteiger partial charge >= 0.3 is 0 Å². The second-order valence-electron chi connectivity index (χ2n) is 9.62. The number of rotatable bonds is 7. The van der Waals surface area contributed by atoms with E-state index in [0.717, 1.165) is 34.6 Å². The zero-order valence-corrected chi connectivity index (χ0v) is 20.2. The van der Waals surface area contributed by atoms with Gasteiger partial charge in [0.1, 0.15) is 54.7 Å². The third-order valence-corrected chi connectivity index (χ3v) is 7.06. The van der Waals surface area contributed by atoms with Gasteiger partial charge in [-0.25, -0.2) is 0 Å². The molecule has 2 aliphatic heterocycles. The van der Waals surface area contributed by atoms with Crippen LogP contribution in [0.4, 0.5) is 0 Å². The standard InChI is InChI=1S/C29H32O7/c1-17-6-9-20(29-28(33)27(32)26(31)25(15-30)36-29)13-21(17)12-18-7-10-22(11-8-18)34-16-23-14-19-4-2-3-5-24(19)35-23/h2-11,13,23,25-33H,12,14-16H2,1H3/t23?,25-,26+,27-,28+,29+/m0/s1. The molecule has 0 amide bonds. The molecular weight excluding hydrogens is 460 g/mol. The molecule has 0 saturated carbocycles. The summed E-state index contributed by atoms with van der Waals surface area (Å²) >= 11 is 0. The number of hydrogen-bond donors (Lipinski definition) is 4. The summed E-state index contributed by atoms with van der Waals surface area (Å²) < 4.78 is 17.6. The number of aliphatic hydroxyl groups is 4. The lowest BCUT2D eigenvalue weighted by Gasteiger charge is -2.40. The minimum Gasteiger partial charge on any atom is -0.490 e. The minimum absolute atomic E-state index is 0.00915. The van der Waals surface area contributed by atoms with Crippen molar-refractivity contribution in [2.75, 3.05) is 13.2 Å². The maximum atomic E-state index is 10.5. The number of hydrogen-bond acceptors (Lipinski definition) is 7. The van der Waals surface area contributed by atoms with Crippen LogP contribution < -0.4 is 9.47 Å². The monoisotopic (exact) mass is 492 g/mol. The van der Waals surface area contributed by atoms with Gasteiger partial charge in [0.2, 0.25) is 0 Å². The Morgan fingerprint density at radius 1 is 0.917 bits per heavy atom. The highest BCUT2D eigenvalue weighted by molar-refractivity contribution is 5.39. The van der Waals surface area contributed by atoms with Crippen LogP contribution in [0.5, 0.6) is 11.5 Å². The first-order chi connectivity index (χ1) is 17.4. The van der Waals surface area contributed by atoms with Crippen molar-refractivity contribution < 1.29 is 34.6 Å². The third-order valence-electron chi connectivity index (χ3n) is 7.06. The van der Waals surface area contributed by atoms with Gasteiger partial charge in [-0.2, -0.15) is 0 Å². The smallest absolute Gasteiger partial charge is 0.137 e. The zero-order valence-electron chi connectivity index (χ0n) is 20.2. The topological polar surface area (TPSA) is 109 Å². The van der Waals surface area contributed by atoms with Crippen molar-refractivity contribution in [2.45, 2.75) is 56.4 Å². The lowest BCUT2D eigenvalue weighted by atomic mass is 9.89. The maximum absolute atomic E-state index is 10.5. The number of para-hydroxylation sites is 1. The zero-order chi connectivity index (χ0) is 25.2. The number of benzene rings is 3. The highest BCUT2D eigenvalue weighted by atomic mass is 16.5. The molecular formula is C29H32O7. The largest absolute Gasteiger partial charge is 0.490 e. The molecule has 0 aromatic heterocycles. The average molecular weight is 493 g/mol. The van der Waals surface area contributed by atoms with Gasteiger partial charge in [-0.1, -0.05) is 48.5 Å². The summed E-state index contributed by atoms with van der Waals surface area (Å²) in [6, 6.07) is 21.8. The number of fused-ring (bicyclic) bond motifs is 1. The Morgan fingerprint density at radius 2 is 1.69 bits per heavy atom. The van der Waals surface area contributed by atoms with Crippen molar-refractivity contribution >= 4 is 0 Å². The van der Waals surface area contributed by atoms with E-state index in [4.69, 9.17) is 14.2 Å².